The Morgan fingerprint density at radius 1 is 1.52 bits per heavy atom. The molecule has 1 N–H and O–H groups in total. The van der Waals surface area contributed by atoms with Crippen molar-refractivity contribution in [2.75, 3.05) is 24.6 Å². The number of nitro groups is 1. The molecule has 0 saturated carbocycles. The van der Waals surface area contributed by atoms with E-state index in [-0.39, 0.29) is 6.61 Å². The number of hydrogen-bond donors (Lipinski definition) is 1. The molecule has 1 aromatic rings. The third-order valence-corrected chi connectivity index (χ3v) is 3.54. The summed E-state index contributed by atoms with van der Waals surface area (Å²) in [5.41, 5.74) is 0.127. The first-order valence-corrected chi connectivity index (χ1v) is 6.60. The van der Waals surface area contributed by atoms with E-state index in [0.717, 1.165) is 13.0 Å². The maximum absolute atomic E-state index is 12.3. The molecule has 0 radical (unpaired) electrons. The van der Waals surface area contributed by atoms with Gasteiger partial charge >= 0.3 is 12.3 Å². The molecule has 1 fully saturated rings. The van der Waals surface area contributed by atoms with E-state index in [1.54, 1.807) is 0 Å². The van der Waals surface area contributed by atoms with E-state index in [1.165, 1.54) is 18.2 Å². The third-order valence-electron chi connectivity index (χ3n) is 3.54. The van der Waals surface area contributed by atoms with Crippen LogP contribution in [0.15, 0.2) is 18.2 Å². The molecule has 0 spiro atoms. The molecule has 1 saturated heterocycles. The lowest BCUT2D eigenvalue weighted by atomic mass is 10.1. The minimum atomic E-state index is -3.11. The number of anilines is 1. The Hall–Kier alpha value is -1.96. The van der Waals surface area contributed by atoms with Crippen molar-refractivity contribution in [1.82, 2.24) is 0 Å². The molecule has 0 bridgehead atoms. The number of ether oxygens (including phenoxy) is 1. The maximum atomic E-state index is 12.3. The summed E-state index contributed by atoms with van der Waals surface area (Å²) in [6.07, 6.45) is 1.58. The molecular weight excluding hydrogens is 286 g/mol. The molecular formula is C13H16F2N2O4. The predicted octanol–water partition coefficient (Wildman–Crippen LogP) is 2.40. The average molecular weight is 302 g/mol. The minimum absolute atomic E-state index is 0.110. The van der Waals surface area contributed by atoms with Gasteiger partial charge in [0.25, 0.3) is 0 Å². The van der Waals surface area contributed by atoms with Gasteiger partial charge in [-0.3, -0.25) is 10.1 Å². The smallest absolute Gasteiger partial charge is 0.387 e. The lowest BCUT2D eigenvalue weighted by Gasteiger charge is -2.19. The summed E-state index contributed by atoms with van der Waals surface area (Å²) in [6, 6.07) is 3.97. The van der Waals surface area contributed by atoms with Crippen LogP contribution in [0.1, 0.15) is 12.8 Å². The maximum Gasteiger partial charge on any atom is 0.387 e. The third kappa shape index (κ3) is 3.78. The van der Waals surface area contributed by atoms with E-state index in [1.807, 2.05) is 4.90 Å². The molecule has 0 unspecified atom stereocenters. The van der Waals surface area contributed by atoms with Crippen LogP contribution >= 0.6 is 0 Å². The van der Waals surface area contributed by atoms with Gasteiger partial charge in [0.1, 0.15) is 0 Å². The monoisotopic (exact) mass is 302 g/mol. The molecule has 1 atom stereocenters. The van der Waals surface area contributed by atoms with Crippen LogP contribution in [-0.4, -0.2) is 36.3 Å². The Bertz CT molecular complexity index is 513. The van der Waals surface area contributed by atoms with E-state index >= 15 is 0 Å². The summed E-state index contributed by atoms with van der Waals surface area (Å²) in [6.45, 7) is -1.60. The second-order valence-electron chi connectivity index (χ2n) is 4.90. The highest BCUT2D eigenvalue weighted by atomic mass is 19.3. The van der Waals surface area contributed by atoms with Crippen LogP contribution in [0.5, 0.6) is 5.75 Å². The van der Waals surface area contributed by atoms with Crippen molar-refractivity contribution in [3.05, 3.63) is 28.3 Å². The molecule has 1 aliphatic heterocycles. The van der Waals surface area contributed by atoms with Crippen molar-refractivity contribution in [3.63, 3.8) is 0 Å². The predicted molar refractivity (Wildman–Crippen MR) is 71.8 cm³/mol. The largest absolute Gasteiger partial charge is 0.427 e. The molecule has 116 valence electrons. The van der Waals surface area contributed by atoms with Crippen LogP contribution < -0.4 is 9.64 Å². The Balaban J connectivity index is 2.19. The number of hydrogen-bond acceptors (Lipinski definition) is 5. The van der Waals surface area contributed by atoms with Crippen molar-refractivity contribution in [3.8, 4) is 5.75 Å². The molecule has 8 heteroatoms. The molecule has 0 aromatic heterocycles. The molecule has 1 heterocycles. The van der Waals surface area contributed by atoms with E-state index in [2.05, 4.69) is 4.74 Å². The number of aliphatic hydroxyl groups excluding tert-OH is 1. The molecule has 6 nitrogen and oxygen atoms in total. The number of nitro benzene ring substituents is 1. The fourth-order valence-corrected chi connectivity index (χ4v) is 2.53. The first kappa shape index (κ1) is 15.4. The van der Waals surface area contributed by atoms with Crippen molar-refractivity contribution in [2.24, 2.45) is 5.92 Å². The van der Waals surface area contributed by atoms with Crippen LogP contribution in [0, 0.1) is 16.0 Å². The highest BCUT2D eigenvalue weighted by molar-refractivity contribution is 5.59. The van der Waals surface area contributed by atoms with Gasteiger partial charge in [-0.2, -0.15) is 8.78 Å². The first-order valence-electron chi connectivity index (χ1n) is 6.60. The number of alkyl halides is 2. The van der Waals surface area contributed by atoms with Gasteiger partial charge in [-0.05, 0) is 24.8 Å². The SMILES string of the molecule is O=[N+]([O-])c1ccc(N2CC[C@H](CCO)C2)cc1OC(F)F. The summed E-state index contributed by atoms with van der Waals surface area (Å²) in [4.78, 5) is 12.0. The minimum Gasteiger partial charge on any atom is -0.427 e. The first-order chi connectivity index (χ1) is 10.0. The second-order valence-corrected chi connectivity index (χ2v) is 4.90. The molecule has 21 heavy (non-hydrogen) atoms. The van der Waals surface area contributed by atoms with Crippen LogP contribution in [0.4, 0.5) is 20.2 Å². The van der Waals surface area contributed by atoms with Gasteiger partial charge < -0.3 is 14.7 Å². The lowest BCUT2D eigenvalue weighted by molar-refractivity contribution is -0.386. The van der Waals surface area contributed by atoms with Crippen LogP contribution in [0.3, 0.4) is 0 Å². The van der Waals surface area contributed by atoms with Crippen molar-refractivity contribution < 1.29 is 23.5 Å². The number of benzene rings is 1. The van der Waals surface area contributed by atoms with Gasteiger partial charge in [0.05, 0.1) is 4.92 Å². The number of aliphatic hydroxyl groups is 1. The quantitative estimate of drug-likeness (QED) is 0.645. The summed E-state index contributed by atoms with van der Waals surface area (Å²) >= 11 is 0. The topological polar surface area (TPSA) is 75.8 Å². The molecule has 0 aliphatic carbocycles. The Morgan fingerprint density at radius 2 is 2.29 bits per heavy atom. The van der Waals surface area contributed by atoms with E-state index in [0.29, 0.717) is 24.6 Å². The van der Waals surface area contributed by atoms with E-state index < -0.39 is 23.0 Å². The van der Waals surface area contributed by atoms with Gasteiger partial charge in [-0.25, -0.2) is 0 Å². The molecule has 0 amide bonds. The molecule has 1 aromatic carbocycles. The highest BCUT2D eigenvalue weighted by Gasteiger charge is 2.25. The van der Waals surface area contributed by atoms with Gasteiger partial charge in [-0.1, -0.05) is 0 Å². The summed E-state index contributed by atoms with van der Waals surface area (Å²) in [7, 11) is 0. The zero-order chi connectivity index (χ0) is 15.4. The fourth-order valence-electron chi connectivity index (χ4n) is 2.53. The Kier molecular flexibility index (Phi) is 4.89. The standard InChI is InChI=1S/C13H16F2N2O4/c14-13(15)21-12-7-10(1-2-11(12)17(19)20)16-5-3-9(8-16)4-6-18/h1-2,7,9,13,18H,3-6,8H2/t9-/m1/s1. The van der Waals surface area contributed by atoms with Crippen molar-refractivity contribution in [2.45, 2.75) is 19.5 Å². The van der Waals surface area contributed by atoms with Gasteiger partial charge in [0.15, 0.2) is 0 Å². The van der Waals surface area contributed by atoms with Gasteiger partial charge in [0.2, 0.25) is 5.75 Å². The van der Waals surface area contributed by atoms with E-state index in [4.69, 9.17) is 5.11 Å². The molecule has 1 aliphatic rings. The van der Waals surface area contributed by atoms with E-state index in [9.17, 15) is 18.9 Å². The van der Waals surface area contributed by atoms with Crippen molar-refractivity contribution >= 4 is 11.4 Å². The van der Waals surface area contributed by atoms with Gasteiger partial charge in [-0.15, -0.1) is 0 Å². The second kappa shape index (κ2) is 6.66. The normalized spacial score (nSPS) is 18.3. The zero-order valence-corrected chi connectivity index (χ0v) is 11.2. The zero-order valence-electron chi connectivity index (χ0n) is 11.2. The van der Waals surface area contributed by atoms with Crippen LogP contribution in [0.2, 0.25) is 0 Å². The van der Waals surface area contributed by atoms with Crippen LogP contribution in [0.25, 0.3) is 0 Å². The van der Waals surface area contributed by atoms with Gasteiger partial charge in [0, 0.05) is 37.5 Å². The number of nitrogens with zero attached hydrogens (tertiary/aromatic N) is 2. The van der Waals surface area contributed by atoms with Crippen LogP contribution in [-0.2, 0) is 0 Å². The summed E-state index contributed by atoms with van der Waals surface area (Å²) in [5.74, 6) is -0.0947. The fraction of sp³-hybridized carbons (Fsp3) is 0.538. The highest BCUT2D eigenvalue weighted by Crippen LogP contribution is 2.35. The number of halogens is 2. The summed E-state index contributed by atoms with van der Waals surface area (Å²) in [5, 5.41) is 19.7. The Labute approximate surface area is 120 Å². The Morgan fingerprint density at radius 3 is 2.90 bits per heavy atom. The summed E-state index contributed by atoms with van der Waals surface area (Å²) < 4.78 is 28.9. The number of rotatable bonds is 6. The average Bonchev–Trinajstić information content (AvgIpc) is 2.86. The molecule has 2 rings (SSSR count). The lowest BCUT2D eigenvalue weighted by Crippen LogP contribution is -2.20. The van der Waals surface area contributed by atoms with Crippen molar-refractivity contribution in [1.29, 1.82) is 0 Å².